The van der Waals surface area contributed by atoms with Crippen LogP contribution in [0, 0.1) is 5.82 Å². The van der Waals surface area contributed by atoms with E-state index in [1.54, 1.807) is 19.1 Å². The summed E-state index contributed by atoms with van der Waals surface area (Å²) in [6.07, 6.45) is 1.59. The topological polar surface area (TPSA) is 89.6 Å². The summed E-state index contributed by atoms with van der Waals surface area (Å²) in [7, 11) is 0. The van der Waals surface area contributed by atoms with Crippen LogP contribution in [0.3, 0.4) is 0 Å². The van der Waals surface area contributed by atoms with Crippen molar-refractivity contribution >= 4 is 29.0 Å². The molecule has 6 nitrogen and oxygen atoms in total. The van der Waals surface area contributed by atoms with Crippen molar-refractivity contribution in [2.45, 2.75) is 25.0 Å². The number of rotatable bonds is 5. The minimum absolute atomic E-state index is 0.151. The number of aliphatic imine (C=N–C) groups is 1. The van der Waals surface area contributed by atoms with E-state index >= 15 is 0 Å². The number of halogens is 2. The normalized spacial score (nSPS) is 20.5. The summed E-state index contributed by atoms with van der Waals surface area (Å²) in [5.74, 6) is -0.589. The number of pyridine rings is 1. The van der Waals surface area contributed by atoms with E-state index in [1.807, 2.05) is 30.3 Å². The third kappa shape index (κ3) is 4.79. The number of hydrogen-bond acceptors (Lipinski definition) is 5. The number of aromatic nitrogens is 1. The lowest BCUT2D eigenvalue weighted by molar-refractivity contribution is 0.0445. The number of benzene rings is 2. The van der Waals surface area contributed by atoms with E-state index in [0.717, 1.165) is 5.56 Å². The van der Waals surface area contributed by atoms with E-state index in [9.17, 15) is 9.18 Å². The van der Waals surface area contributed by atoms with E-state index in [4.69, 9.17) is 22.1 Å². The van der Waals surface area contributed by atoms with Crippen LogP contribution in [0.4, 0.5) is 10.1 Å². The lowest BCUT2D eigenvalue weighted by Gasteiger charge is -2.34. The molecule has 2 heterocycles. The largest absolute Gasteiger partial charge is 0.385 e. The Bertz CT molecular complexity index is 1150. The van der Waals surface area contributed by atoms with Gasteiger partial charge in [-0.05, 0) is 42.8 Å². The average Bonchev–Trinajstić information content (AvgIpc) is 2.78. The molecule has 0 saturated heterocycles. The number of anilines is 1. The molecular formula is C24H22ClFN4O2. The molecule has 1 aromatic heterocycles. The van der Waals surface area contributed by atoms with Crippen LogP contribution in [0.1, 0.15) is 28.5 Å². The van der Waals surface area contributed by atoms with Gasteiger partial charge < -0.3 is 15.8 Å². The second-order valence-electron chi connectivity index (χ2n) is 7.81. The molecule has 32 heavy (non-hydrogen) atoms. The van der Waals surface area contributed by atoms with E-state index in [0.29, 0.717) is 23.0 Å². The van der Waals surface area contributed by atoms with Crippen molar-refractivity contribution in [1.82, 2.24) is 4.98 Å². The summed E-state index contributed by atoms with van der Waals surface area (Å²) < 4.78 is 20.8. The number of nitrogens with two attached hydrogens (primary N) is 1. The van der Waals surface area contributed by atoms with Gasteiger partial charge in [0.25, 0.3) is 5.91 Å². The average molecular weight is 453 g/mol. The molecule has 3 aromatic rings. The minimum atomic E-state index is -1.03. The van der Waals surface area contributed by atoms with Crippen LogP contribution in [0.25, 0.3) is 0 Å². The summed E-state index contributed by atoms with van der Waals surface area (Å²) in [5, 5.41) is 3.15. The highest BCUT2D eigenvalue weighted by Gasteiger charge is 2.36. The maximum atomic E-state index is 14.8. The van der Waals surface area contributed by atoms with Gasteiger partial charge in [0.05, 0.1) is 11.6 Å². The Hall–Kier alpha value is -3.29. The summed E-state index contributed by atoms with van der Waals surface area (Å²) in [6, 6.07) is 17.2. The lowest BCUT2D eigenvalue weighted by atomic mass is 9.90. The maximum absolute atomic E-state index is 14.8. The Morgan fingerprint density at radius 1 is 1.25 bits per heavy atom. The van der Waals surface area contributed by atoms with E-state index < -0.39 is 17.3 Å². The third-order valence-corrected chi connectivity index (χ3v) is 5.52. The van der Waals surface area contributed by atoms with Crippen molar-refractivity contribution in [3.05, 3.63) is 94.5 Å². The van der Waals surface area contributed by atoms with Crippen molar-refractivity contribution in [2.75, 3.05) is 11.9 Å². The molecule has 0 spiro atoms. The molecule has 2 atom stereocenters. The van der Waals surface area contributed by atoms with Crippen molar-refractivity contribution in [3.8, 4) is 0 Å². The fraction of sp³-hybridized carbons (Fsp3) is 0.208. The quantitative estimate of drug-likeness (QED) is 0.602. The van der Waals surface area contributed by atoms with E-state index in [1.165, 1.54) is 24.4 Å². The number of amides is 1. The first-order chi connectivity index (χ1) is 15.3. The predicted molar refractivity (Wildman–Crippen MR) is 122 cm³/mol. The molecule has 1 aliphatic heterocycles. The Kier molecular flexibility index (Phi) is 6.21. The van der Waals surface area contributed by atoms with Crippen molar-refractivity contribution in [1.29, 1.82) is 0 Å². The zero-order valence-electron chi connectivity index (χ0n) is 17.4. The number of amidine groups is 1. The van der Waals surface area contributed by atoms with E-state index in [-0.39, 0.29) is 24.0 Å². The summed E-state index contributed by atoms with van der Waals surface area (Å²) in [6.45, 7) is 1.90. The van der Waals surface area contributed by atoms with Gasteiger partial charge in [-0.1, -0.05) is 41.9 Å². The molecule has 164 valence electrons. The highest BCUT2D eigenvalue weighted by Crippen LogP contribution is 2.33. The van der Waals surface area contributed by atoms with Gasteiger partial charge >= 0.3 is 0 Å². The number of carbonyl (C=O) groups excluding carboxylic acids is 1. The Labute approximate surface area is 190 Å². The van der Waals surface area contributed by atoms with Crippen molar-refractivity contribution in [2.24, 2.45) is 10.7 Å². The Morgan fingerprint density at radius 3 is 2.72 bits per heavy atom. The molecule has 0 radical (unpaired) electrons. The molecule has 1 aliphatic rings. The van der Waals surface area contributed by atoms with Crippen LogP contribution in [0.2, 0.25) is 5.02 Å². The highest BCUT2D eigenvalue weighted by atomic mass is 35.5. The molecule has 0 aliphatic carbocycles. The van der Waals surface area contributed by atoms with Gasteiger partial charge in [0.2, 0.25) is 0 Å². The second-order valence-corrected chi connectivity index (χ2v) is 8.25. The molecule has 8 heteroatoms. The zero-order chi connectivity index (χ0) is 22.7. The molecule has 2 aromatic carbocycles. The summed E-state index contributed by atoms with van der Waals surface area (Å²) in [4.78, 5) is 21.1. The second kappa shape index (κ2) is 9.06. The smallest absolute Gasteiger partial charge is 0.274 e. The molecular weight excluding hydrogens is 431 g/mol. The highest BCUT2D eigenvalue weighted by molar-refractivity contribution is 6.30. The van der Waals surface area contributed by atoms with Gasteiger partial charge in [-0.25, -0.2) is 9.37 Å². The van der Waals surface area contributed by atoms with Crippen molar-refractivity contribution in [3.63, 3.8) is 0 Å². The van der Waals surface area contributed by atoms with Gasteiger partial charge in [0.1, 0.15) is 29.0 Å². The van der Waals surface area contributed by atoms with Crippen LogP contribution in [-0.4, -0.2) is 29.4 Å². The maximum Gasteiger partial charge on any atom is 0.274 e. The molecule has 0 unspecified atom stereocenters. The lowest BCUT2D eigenvalue weighted by Crippen LogP contribution is -2.45. The first-order valence-electron chi connectivity index (χ1n) is 10.1. The van der Waals surface area contributed by atoms with Crippen LogP contribution >= 0.6 is 11.6 Å². The first-order valence-corrected chi connectivity index (χ1v) is 10.5. The van der Waals surface area contributed by atoms with Gasteiger partial charge in [0.15, 0.2) is 0 Å². The molecule has 0 bridgehead atoms. The molecule has 0 fully saturated rings. The minimum Gasteiger partial charge on any atom is -0.385 e. The molecule has 1 amide bonds. The number of ether oxygens (including phenoxy) is 1. The summed E-state index contributed by atoms with van der Waals surface area (Å²) in [5.41, 5.74) is 7.14. The fourth-order valence-electron chi connectivity index (χ4n) is 3.59. The number of hydrogen-bond donors (Lipinski definition) is 2. The SMILES string of the molecule is C[C@]1(c2cc(NC(=O)c3ccc(Cl)cn3)ccc2F)CO[C@@H](Cc2ccccc2)C(N)=N1. The first kappa shape index (κ1) is 21.9. The van der Waals surface area contributed by atoms with Crippen LogP contribution in [0.15, 0.2) is 71.9 Å². The van der Waals surface area contributed by atoms with Gasteiger partial charge in [-0.2, -0.15) is 0 Å². The predicted octanol–water partition coefficient (Wildman–Crippen LogP) is 4.34. The standard InChI is InChI=1S/C24H22ClFN4O2/c1-24(14-32-21(22(27)30-24)11-15-5-3-2-4-6-15)18-12-17(8-9-19(18)26)29-23(31)20-10-7-16(25)13-28-20/h2-10,12-13,21H,11,14H2,1H3,(H2,27,30)(H,29,31)/t21-,24+/m0/s1. The van der Waals surface area contributed by atoms with Crippen molar-refractivity contribution < 1.29 is 13.9 Å². The molecule has 4 rings (SSSR count). The van der Waals surface area contributed by atoms with Gasteiger partial charge in [-0.3, -0.25) is 9.79 Å². The van der Waals surface area contributed by atoms with Gasteiger partial charge in [-0.15, -0.1) is 0 Å². The number of nitrogens with zero attached hydrogens (tertiary/aromatic N) is 2. The monoisotopic (exact) mass is 452 g/mol. The van der Waals surface area contributed by atoms with Gasteiger partial charge in [0, 0.05) is 23.9 Å². The van der Waals surface area contributed by atoms with Crippen LogP contribution in [-0.2, 0) is 16.7 Å². The molecule has 0 saturated carbocycles. The van der Waals surface area contributed by atoms with Crippen LogP contribution in [0.5, 0.6) is 0 Å². The third-order valence-electron chi connectivity index (χ3n) is 5.30. The fourth-order valence-corrected chi connectivity index (χ4v) is 3.70. The number of carbonyl (C=O) groups is 1. The molecule has 3 N–H and O–H groups in total. The Morgan fingerprint density at radius 2 is 2.03 bits per heavy atom. The summed E-state index contributed by atoms with van der Waals surface area (Å²) >= 11 is 5.81. The number of nitrogens with one attached hydrogen (secondary N) is 1. The van der Waals surface area contributed by atoms with E-state index in [2.05, 4.69) is 15.3 Å². The Balaban J connectivity index is 1.55. The van der Waals surface area contributed by atoms with Crippen LogP contribution < -0.4 is 11.1 Å². The zero-order valence-corrected chi connectivity index (χ0v) is 18.1.